The smallest absolute Gasteiger partial charge is 0.325 e. The molecular formula is C16H19FN4O4. The van der Waals surface area contributed by atoms with E-state index in [-0.39, 0.29) is 11.6 Å². The van der Waals surface area contributed by atoms with Gasteiger partial charge in [-0.1, -0.05) is 18.2 Å². The maximum Gasteiger partial charge on any atom is 0.325 e. The summed E-state index contributed by atoms with van der Waals surface area (Å²) in [6, 6.07) is 3.79. The highest BCUT2D eigenvalue weighted by atomic mass is 19.1. The van der Waals surface area contributed by atoms with Crippen LogP contribution in [0.2, 0.25) is 0 Å². The van der Waals surface area contributed by atoms with E-state index in [2.05, 4.69) is 10.6 Å². The van der Waals surface area contributed by atoms with E-state index in [9.17, 15) is 23.6 Å². The first-order valence-corrected chi connectivity index (χ1v) is 7.64. The van der Waals surface area contributed by atoms with E-state index in [0.717, 1.165) is 0 Å². The third kappa shape index (κ3) is 3.76. The highest BCUT2D eigenvalue weighted by molar-refractivity contribution is 6.10. The van der Waals surface area contributed by atoms with Crippen LogP contribution in [-0.4, -0.2) is 41.4 Å². The van der Waals surface area contributed by atoms with Gasteiger partial charge in [0.1, 0.15) is 17.9 Å². The van der Waals surface area contributed by atoms with Crippen molar-refractivity contribution in [3.8, 4) is 0 Å². The molecule has 0 saturated carbocycles. The average molecular weight is 350 g/mol. The lowest BCUT2D eigenvalue weighted by Crippen LogP contribution is -2.48. The van der Waals surface area contributed by atoms with Crippen molar-refractivity contribution in [3.05, 3.63) is 35.6 Å². The second-order valence-electron chi connectivity index (χ2n) is 6.10. The molecule has 1 unspecified atom stereocenters. The minimum absolute atomic E-state index is 0.00573. The molecule has 1 saturated heterocycles. The lowest BCUT2D eigenvalue weighted by Gasteiger charge is -2.22. The van der Waals surface area contributed by atoms with Gasteiger partial charge in [-0.2, -0.15) is 0 Å². The predicted octanol–water partition coefficient (Wildman–Crippen LogP) is 0.827. The molecular weight excluding hydrogens is 331 g/mol. The van der Waals surface area contributed by atoms with Crippen molar-refractivity contribution >= 4 is 23.9 Å². The SMILES string of the molecule is CC(C)NC(=O)NC(=O)CN1C(=O)NC(C)(c2ccccc2F)C1=O. The summed E-state index contributed by atoms with van der Waals surface area (Å²) in [5, 5.41) is 6.86. The molecule has 1 aromatic carbocycles. The fourth-order valence-electron chi connectivity index (χ4n) is 2.50. The van der Waals surface area contributed by atoms with Crippen LogP contribution in [0.4, 0.5) is 14.0 Å². The zero-order valence-electron chi connectivity index (χ0n) is 14.1. The first-order chi connectivity index (χ1) is 11.6. The second-order valence-corrected chi connectivity index (χ2v) is 6.10. The number of nitrogens with zero attached hydrogens (tertiary/aromatic N) is 1. The van der Waals surface area contributed by atoms with Gasteiger partial charge in [-0.15, -0.1) is 0 Å². The maximum absolute atomic E-state index is 14.0. The molecule has 1 aliphatic heterocycles. The number of amides is 6. The molecule has 3 N–H and O–H groups in total. The fourth-order valence-corrected chi connectivity index (χ4v) is 2.50. The third-order valence-corrected chi connectivity index (χ3v) is 3.66. The molecule has 25 heavy (non-hydrogen) atoms. The largest absolute Gasteiger partial charge is 0.336 e. The van der Waals surface area contributed by atoms with Gasteiger partial charge in [0.2, 0.25) is 5.91 Å². The number of hydrogen-bond acceptors (Lipinski definition) is 4. The van der Waals surface area contributed by atoms with Gasteiger partial charge >= 0.3 is 12.1 Å². The van der Waals surface area contributed by atoms with Gasteiger partial charge in [0, 0.05) is 11.6 Å². The van der Waals surface area contributed by atoms with E-state index in [1.165, 1.54) is 31.2 Å². The van der Waals surface area contributed by atoms with Crippen molar-refractivity contribution in [2.24, 2.45) is 0 Å². The molecule has 0 aromatic heterocycles. The van der Waals surface area contributed by atoms with Crippen molar-refractivity contribution in [2.75, 3.05) is 6.54 Å². The van der Waals surface area contributed by atoms with E-state index in [1.54, 1.807) is 13.8 Å². The fraction of sp³-hybridized carbons (Fsp3) is 0.375. The molecule has 6 amide bonds. The minimum atomic E-state index is -1.62. The number of carbonyl (C=O) groups excluding carboxylic acids is 4. The van der Waals surface area contributed by atoms with Crippen molar-refractivity contribution in [1.82, 2.24) is 20.9 Å². The van der Waals surface area contributed by atoms with Crippen LogP contribution in [-0.2, 0) is 15.1 Å². The number of rotatable bonds is 4. The summed E-state index contributed by atoms with van der Waals surface area (Å²) in [7, 11) is 0. The minimum Gasteiger partial charge on any atom is -0.336 e. The van der Waals surface area contributed by atoms with Gasteiger partial charge in [0.05, 0.1) is 0 Å². The third-order valence-electron chi connectivity index (χ3n) is 3.66. The Hall–Kier alpha value is -2.97. The van der Waals surface area contributed by atoms with Crippen LogP contribution in [0.25, 0.3) is 0 Å². The summed E-state index contributed by atoms with van der Waals surface area (Å²) in [6.45, 7) is 4.12. The molecule has 1 heterocycles. The van der Waals surface area contributed by atoms with Crippen LogP contribution in [0, 0.1) is 5.82 Å². The predicted molar refractivity (Wildman–Crippen MR) is 85.8 cm³/mol. The summed E-state index contributed by atoms with van der Waals surface area (Å²) >= 11 is 0. The first-order valence-electron chi connectivity index (χ1n) is 7.64. The summed E-state index contributed by atoms with van der Waals surface area (Å²) < 4.78 is 14.0. The van der Waals surface area contributed by atoms with Crippen molar-refractivity contribution in [3.63, 3.8) is 0 Å². The Kier molecular flexibility index (Phi) is 5.05. The highest BCUT2D eigenvalue weighted by Gasteiger charge is 2.50. The van der Waals surface area contributed by atoms with Crippen LogP contribution in [0.5, 0.6) is 0 Å². The second kappa shape index (κ2) is 6.88. The van der Waals surface area contributed by atoms with Gasteiger partial charge in [-0.3, -0.25) is 19.8 Å². The molecule has 0 aliphatic carbocycles. The molecule has 1 aromatic rings. The molecule has 1 aliphatic rings. The van der Waals surface area contributed by atoms with E-state index >= 15 is 0 Å². The van der Waals surface area contributed by atoms with Gasteiger partial charge in [0.15, 0.2) is 0 Å². The van der Waals surface area contributed by atoms with Crippen LogP contribution < -0.4 is 16.0 Å². The molecule has 1 fully saturated rings. The maximum atomic E-state index is 14.0. The Balaban J connectivity index is 2.13. The lowest BCUT2D eigenvalue weighted by molar-refractivity contribution is -0.134. The van der Waals surface area contributed by atoms with Crippen molar-refractivity contribution in [1.29, 1.82) is 0 Å². The normalized spacial score (nSPS) is 19.8. The molecule has 1 atom stereocenters. The molecule has 0 spiro atoms. The number of nitrogens with one attached hydrogen (secondary N) is 3. The zero-order chi connectivity index (χ0) is 18.8. The van der Waals surface area contributed by atoms with Crippen molar-refractivity contribution in [2.45, 2.75) is 32.4 Å². The Morgan fingerprint density at radius 2 is 1.92 bits per heavy atom. The van der Waals surface area contributed by atoms with Gasteiger partial charge in [0.25, 0.3) is 5.91 Å². The quantitative estimate of drug-likeness (QED) is 0.699. The van der Waals surface area contributed by atoms with Crippen LogP contribution in [0.1, 0.15) is 26.3 Å². The van der Waals surface area contributed by atoms with Crippen LogP contribution in [0.15, 0.2) is 24.3 Å². The van der Waals surface area contributed by atoms with E-state index in [4.69, 9.17) is 0 Å². The molecule has 0 bridgehead atoms. The number of urea groups is 2. The number of halogens is 1. The van der Waals surface area contributed by atoms with E-state index in [1.807, 2.05) is 5.32 Å². The van der Waals surface area contributed by atoms with Crippen LogP contribution >= 0.6 is 0 Å². The molecule has 8 nitrogen and oxygen atoms in total. The van der Waals surface area contributed by atoms with E-state index in [0.29, 0.717) is 4.90 Å². The van der Waals surface area contributed by atoms with E-state index < -0.39 is 41.8 Å². The van der Waals surface area contributed by atoms with Crippen molar-refractivity contribution < 1.29 is 23.6 Å². The topological polar surface area (TPSA) is 108 Å². The monoisotopic (exact) mass is 350 g/mol. The van der Waals surface area contributed by atoms with Crippen LogP contribution in [0.3, 0.4) is 0 Å². The number of imide groups is 2. The molecule has 9 heteroatoms. The average Bonchev–Trinajstić information content (AvgIpc) is 2.71. The Labute approximate surface area is 143 Å². The highest BCUT2D eigenvalue weighted by Crippen LogP contribution is 2.30. The number of benzene rings is 1. The van der Waals surface area contributed by atoms with Gasteiger partial charge in [-0.05, 0) is 26.8 Å². The molecule has 2 rings (SSSR count). The Morgan fingerprint density at radius 1 is 1.28 bits per heavy atom. The number of hydrogen-bond donors (Lipinski definition) is 3. The summed E-state index contributed by atoms with van der Waals surface area (Å²) in [5.74, 6) is -2.26. The Bertz CT molecular complexity index is 737. The summed E-state index contributed by atoms with van der Waals surface area (Å²) in [5.41, 5.74) is -1.63. The summed E-state index contributed by atoms with van der Waals surface area (Å²) in [4.78, 5) is 48.7. The summed E-state index contributed by atoms with van der Waals surface area (Å²) in [6.07, 6.45) is 0. The van der Waals surface area contributed by atoms with Gasteiger partial charge < -0.3 is 10.6 Å². The molecule has 134 valence electrons. The molecule has 0 radical (unpaired) electrons. The zero-order valence-corrected chi connectivity index (χ0v) is 14.1. The lowest BCUT2D eigenvalue weighted by atomic mass is 9.91. The Morgan fingerprint density at radius 3 is 2.52 bits per heavy atom. The first kappa shape index (κ1) is 18.4. The number of carbonyl (C=O) groups is 4. The standard InChI is InChI=1S/C16H19FN4O4/c1-9(2)18-14(24)19-12(22)8-21-13(23)16(3,20-15(21)25)10-6-4-5-7-11(10)17/h4-7,9H,8H2,1-3H3,(H,20,25)(H2,18,19,22,24). The van der Waals surface area contributed by atoms with Gasteiger partial charge in [-0.25, -0.2) is 14.0 Å².